The SMILES string of the molecule is c1ccc([Si](c2ccccc2)(c2ccc(-c3cc(-n4c5ccccc5c5ccccc54)nc(-n4c5ccccc5n5c6ccc(-c7ccc8nc9n(-c%10cc(-c%11ccc([Si](c%12ccccc%12)(c%12ccccc%12)c%12cccc%13c%12sc%12ccccc%12%13)cc%11)cc(-n%11c%12ccccc%12n%12c%13ccccc%13nc%11%12)n%10)c%10ccccc%10n9c8c7)cc6nc45)c3)cc2)c2cccc(-n3c4ccccc4c4ccccc43)c2)cc1. The van der Waals surface area contributed by atoms with E-state index in [-0.39, 0.29) is 0 Å². The van der Waals surface area contributed by atoms with Gasteiger partial charge in [0.25, 0.3) is 0 Å². The van der Waals surface area contributed by atoms with Crippen molar-refractivity contribution in [1.82, 2.24) is 61.0 Å². The highest BCUT2D eigenvalue weighted by Crippen LogP contribution is 2.43. The molecule has 11 heterocycles. The van der Waals surface area contributed by atoms with Crippen LogP contribution in [0.4, 0.5) is 0 Å². The van der Waals surface area contributed by atoms with Crippen molar-refractivity contribution in [3.63, 3.8) is 0 Å². The summed E-state index contributed by atoms with van der Waals surface area (Å²) >= 11 is 1.91. The molecule has 0 aliphatic heterocycles. The molecule has 0 saturated heterocycles. The standard InChI is InChI=1S/C127H81N13SSi2/c1-5-34-89(35-6-1)142(90-36-7-2-8-37-90,95-42-31-33-88(81-95)133-105-50-19-13-43-96(105)97-44-14-20-51-106(97)133)93-69-63-82(64-70-93)86-77-120(134-107-52-21-15-45-98(107)99-46-16-22-53-108(99)134)131-121(78-86)140-115-59-28-25-56-112(115)136-110-74-68-84(75-104(110)130-127(136)140)85-67-73-103-117(76-85)137-113-57-26-29-60-116(113)139(126(137)129-103)123-80-87(79-122(132-123)138-114-58-27-24-55-111(114)135-109-54-23-18-49-102(109)128-125(135)138)83-65-71-94(72-66-83)143(91-38-9-3-10-39-91,92-40-11-4-12-41-92)119-62-32-48-101-100-47-17-30-61-118(100)141-124(101)119/h1-81H. The second-order valence-electron chi connectivity index (χ2n) is 37.4. The van der Waals surface area contributed by atoms with Crippen molar-refractivity contribution in [3.8, 4) is 62.3 Å². The molecule has 30 aromatic rings. The van der Waals surface area contributed by atoms with Gasteiger partial charge in [0.05, 0.1) is 88.3 Å². The number of thiophene rings is 1. The first-order valence-electron chi connectivity index (χ1n) is 48.6. The van der Waals surface area contributed by atoms with E-state index in [0.29, 0.717) is 5.82 Å². The van der Waals surface area contributed by atoms with E-state index >= 15 is 0 Å². The lowest BCUT2D eigenvalue weighted by atomic mass is 10.0. The minimum absolute atomic E-state index is 0.706. The molecule has 0 radical (unpaired) electrons. The van der Waals surface area contributed by atoms with Crippen LogP contribution in [0.5, 0.6) is 0 Å². The van der Waals surface area contributed by atoms with Crippen LogP contribution in [-0.2, 0) is 0 Å². The fraction of sp³-hybridized carbons (Fsp3) is 0. The second kappa shape index (κ2) is 31.5. The van der Waals surface area contributed by atoms with Gasteiger partial charge in [-0.1, -0.05) is 352 Å². The zero-order chi connectivity index (χ0) is 93.7. The van der Waals surface area contributed by atoms with Gasteiger partial charge >= 0.3 is 0 Å². The van der Waals surface area contributed by atoms with Gasteiger partial charge in [0.1, 0.15) is 23.3 Å². The van der Waals surface area contributed by atoms with E-state index in [1.54, 1.807) is 0 Å². The van der Waals surface area contributed by atoms with Gasteiger partial charge in [0.2, 0.25) is 17.3 Å². The summed E-state index contributed by atoms with van der Waals surface area (Å²) in [4.78, 5) is 28.7. The first-order valence-corrected chi connectivity index (χ1v) is 53.4. The topological polar surface area (TPSA) is 102 Å². The predicted octanol–water partition coefficient (Wildman–Crippen LogP) is 25.0. The molecule has 0 aliphatic rings. The Balaban J connectivity index is 0.569. The average Bonchev–Trinajstić information content (AvgIpc) is 1.27. The number of pyridine rings is 2. The Labute approximate surface area is 824 Å². The van der Waals surface area contributed by atoms with E-state index in [1.807, 2.05) is 11.3 Å². The lowest BCUT2D eigenvalue weighted by Gasteiger charge is -2.35. The fourth-order valence-electron chi connectivity index (χ4n) is 23.8. The summed E-state index contributed by atoms with van der Waals surface area (Å²) in [5.41, 5.74) is 23.3. The van der Waals surface area contributed by atoms with E-state index in [0.717, 1.165) is 162 Å². The molecule has 0 N–H and O–H groups in total. The first kappa shape index (κ1) is 80.6. The van der Waals surface area contributed by atoms with Gasteiger partial charge in [-0.25, -0.2) is 24.9 Å². The zero-order valence-electron chi connectivity index (χ0n) is 77.0. The van der Waals surface area contributed by atoms with E-state index in [1.165, 1.54) is 83.5 Å². The Kier molecular flexibility index (Phi) is 17.8. The van der Waals surface area contributed by atoms with Crippen molar-refractivity contribution >= 4 is 216 Å². The van der Waals surface area contributed by atoms with Crippen LogP contribution in [0.3, 0.4) is 0 Å². The average molecular weight is 1880 g/mol. The molecule has 0 unspecified atom stereocenters. The van der Waals surface area contributed by atoms with Gasteiger partial charge in [0, 0.05) is 47.4 Å². The van der Waals surface area contributed by atoms with Crippen molar-refractivity contribution in [1.29, 1.82) is 0 Å². The normalized spacial score (nSPS) is 12.3. The highest BCUT2D eigenvalue weighted by molar-refractivity contribution is 7.30. The Morgan fingerprint density at radius 1 is 0.175 bits per heavy atom. The number of imidazole rings is 6. The van der Waals surface area contributed by atoms with Crippen LogP contribution in [0.1, 0.15) is 0 Å². The maximum Gasteiger partial charge on any atom is 0.221 e. The molecule has 30 rings (SSSR count). The number of nitrogens with zero attached hydrogens (tertiary/aromatic N) is 13. The van der Waals surface area contributed by atoms with Gasteiger partial charge in [-0.05, 0) is 214 Å². The Morgan fingerprint density at radius 2 is 0.510 bits per heavy atom. The quantitative estimate of drug-likeness (QED) is 0.0708. The lowest BCUT2D eigenvalue weighted by molar-refractivity contribution is 0.983. The molecule has 0 aliphatic carbocycles. The lowest BCUT2D eigenvalue weighted by Crippen LogP contribution is -2.74. The zero-order valence-corrected chi connectivity index (χ0v) is 79.8. The third-order valence-corrected chi connectivity index (χ3v) is 41.0. The molecule has 0 atom stereocenters. The van der Waals surface area contributed by atoms with Crippen LogP contribution in [-0.4, -0.2) is 77.1 Å². The molecule has 11 aromatic heterocycles. The molecule has 0 fully saturated rings. The molecular weight excluding hydrogens is 1800 g/mol. The van der Waals surface area contributed by atoms with E-state index in [2.05, 4.69) is 527 Å². The number of fused-ring (bicyclic) bond motifs is 24. The summed E-state index contributed by atoms with van der Waals surface area (Å²) in [6, 6.07) is 181. The van der Waals surface area contributed by atoms with E-state index in [9.17, 15) is 0 Å². The Hall–Kier alpha value is -18.5. The van der Waals surface area contributed by atoms with Crippen LogP contribution in [0.15, 0.2) is 491 Å². The summed E-state index contributed by atoms with van der Waals surface area (Å²) in [5, 5.41) is 17.8. The van der Waals surface area contributed by atoms with Crippen LogP contribution >= 0.6 is 11.3 Å². The molecule has 19 aromatic carbocycles. The van der Waals surface area contributed by atoms with E-state index in [4.69, 9.17) is 24.9 Å². The summed E-state index contributed by atoms with van der Waals surface area (Å²) in [6.07, 6.45) is 0. The van der Waals surface area contributed by atoms with Crippen molar-refractivity contribution in [3.05, 3.63) is 491 Å². The van der Waals surface area contributed by atoms with Gasteiger partial charge in [-0.3, -0.25) is 31.5 Å². The summed E-state index contributed by atoms with van der Waals surface area (Å²) in [6.45, 7) is 0. The van der Waals surface area contributed by atoms with Crippen molar-refractivity contribution in [2.24, 2.45) is 0 Å². The van der Waals surface area contributed by atoms with Crippen molar-refractivity contribution < 1.29 is 0 Å². The summed E-state index contributed by atoms with van der Waals surface area (Å²) < 4.78 is 21.1. The third kappa shape index (κ3) is 12.0. The smallest absolute Gasteiger partial charge is 0.221 e. The second-order valence-corrected chi connectivity index (χ2v) is 46.1. The monoisotopic (exact) mass is 1880 g/mol. The van der Waals surface area contributed by atoms with Crippen LogP contribution in [0.25, 0.3) is 210 Å². The molecule has 0 saturated carbocycles. The minimum Gasteiger partial charge on any atom is -0.309 e. The van der Waals surface area contributed by atoms with Crippen molar-refractivity contribution in [2.75, 3.05) is 0 Å². The summed E-state index contributed by atoms with van der Waals surface area (Å²) in [7, 11) is -6.23. The van der Waals surface area contributed by atoms with Gasteiger partial charge < -0.3 is 4.57 Å². The van der Waals surface area contributed by atoms with Gasteiger partial charge in [-0.15, -0.1) is 11.3 Å². The number of hydrogen-bond donors (Lipinski definition) is 0. The molecule has 0 spiro atoms. The van der Waals surface area contributed by atoms with Crippen LogP contribution in [0.2, 0.25) is 0 Å². The number of para-hydroxylation sites is 12. The van der Waals surface area contributed by atoms with Crippen LogP contribution < -0.4 is 41.5 Å². The molecule has 668 valence electrons. The third-order valence-electron chi connectivity index (χ3n) is 30.0. The number of rotatable bonds is 16. The number of hydrogen-bond acceptors (Lipinski definition) is 6. The maximum atomic E-state index is 5.89. The van der Waals surface area contributed by atoms with E-state index < -0.39 is 16.1 Å². The minimum atomic E-state index is -3.14. The molecule has 0 bridgehead atoms. The predicted molar refractivity (Wildman–Crippen MR) is 596 cm³/mol. The van der Waals surface area contributed by atoms with Gasteiger partial charge in [-0.2, -0.15) is 0 Å². The Bertz CT molecular complexity index is 10300. The van der Waals surface area contributed by atoms with Crippen LogP contribution in [0, 0.1) is 0 Å². The molecular formula is C127H81N13SSi2. The van der Waals surface area contributed by atoms with Gasteiger partial charge in [0.15, 0.2) is 16.1 Å². The summed E-state index contributed by atoms with van der Waals surface area (Å²) in [5.74, 6) is 5.19. The largest absolute Gasteiger partial charge is 0.309 e. The molecule has 13 nitrogen and oxygen atoms in total. The molecule has 143 heavy (non-hydrogen) atoms. The van der Waals surface area contributed by atoms with Crippen molar-refractivity contribution in [2.45, 2.75) is 0 Å². The number of aromatic nitrogens is 13. The fourth-order valence-corrected chi connectivity index (χ4v) is 35.1. The highest BCUT2D eigenvalue weighted by atomic mass is 32.1. The first-order chi connectivity index (χ1) is 70.9. The number of benzene rings is 19. The Morgan fingerprint density at radius 3 is 1.01 bits per heavy atom. The molecule has 16 heteroatoms. The molecule has 0 amide bonds. The maximum absolute atomic E-state index is 5.89. The highest BCUT2D eigenvalue weighted by Gasteiger charge is 2.45.